The Labute approximate surface area is 206 Å². The van der Waals surface area contributed by atoms with Crippen molar-refractivity contribution in [1.82, 2.24) is 14.5 Å². The van der Waals surface area contributed by atoms with Crippen LogP contribution in [0.3, 0.4) is 0 Å². The number of fused-ring (bicyclic) bond motifs is 1. The molecule has 0 saturated heterocycles. The van der Waals surface area contributed by atoms with Crippen LogP contribution in [0.25, 0.3) is 22.4 Å². The summed E-state index contributed by atoms with van der Waals surface area (Å²) in [6.45, 7) is 7.19. The van der Waals surface area contributed by atoms with Gasteiger partial charge in [0.15, 0.2) is 0 Å². The van der Waals surface area contributed by atoms with Gasteiger partial charge in [0, 0.05) is 31.3 Å². The van der Waals surface area contributed by atoms with Crippen LogP contribution in [-0.4, -0.2) is 41.9 Å². The summed E-state index contributed by atoms with van der Waals surface area (Å²) in [5.74, 6) is 0.742. The first-order chi connectivity index (χ1) is 16.8. The summed E-state index contributed by atoms with van der Waals surface area (Å²) in [4.78, 5) is 19.4. The number of carbonyl (C=O) groups excluding carboxylic acids is 1. The molecule has 4 aromatic rings. The van der Waals surface area contributed by atoms with E-state index >= 15 is 0 Å². The minimum absolute atomic E-state index is 0.00752. The van der Waals surface area contributed by atoms with Crippen molar-refractivity contribution in [2.45, 2.75) is 32.1 Å². The highest BCUT2D eigenvalue weighted by molar-refractivity contribution is 7.92. The number of sulfonamides is 1. The zero-order chi connectivity index (χ0) is 25.2. The molecule has 7 nitrogen and oxygen atoms in total. The van der Waals surface area contributed by atoms with Crippen LogP contribution < -0.4 is 4.72 Å². The van der Waals surface area contributed by atoms with Crippen LogP contribution in [-0.2, 0) is 23.5 Å². The first-order valence-electron chi connectivity index (χ1n) is 11.8. The smallest absolute Gasteiger partial charge is 0.262 e. The van der Waals surface area contributed by atoms with Crippen molar-refractivity contribution >= 4 is 32.7 Å². The van der Waals surface area contributed by atoms with E-state index in [1.54, 1.807) is 29.2 Å². The monoisotopic (exact) mass is 490 g/mol. The molecular formula is C27H30N4O3S. The van der Waals surface area contributed by atoms with Crippen LogP contribution in [0.1, 0.15) is 36.7 Å². The molecule has 182 valence electrons. The highest BCUT2D eigenvalue weighted by Gasteiger charge is 2.19. The van der Waals surface area contributed by atoms with Gasteiger partial charge in [-0.25, -0.2) is 13.4 Å². The number of imidazole rings is 1. The molecule has 35 heavy (non-hydrogen) atoms. The van der Waals surface area contributed by atoms with Crippen molar-refractivity contribution in [2.75, 3.05) is 17.8 Å². The Kier molecular flexibility index (Phi) is 6.93. The van der Waals surface area contributed by atoms with Crippen LogP contribution in [0, 0.1) is 0 Å². The minimum Gasteiger partial charge on any atom is -0.339 e. The normalized spacial score (nSPS) is 11.5. The van der Waals surface area contributed by atoms with Crippen molar-refractivity contribution in [2.24, 2.45) is 7.05 Å². The molecule has 4 rings (SSSR count). The number of amides is 1. The number of hydrogen-bond acceptors (Lipinski definition) is 4. The summed E-state index contributed by atoms with van der Waals surface area (Å²) in [5, 5.41) is 0. The van der Waals surface area contributed by atoms with Gasteiger partial charge >= 0.3 is 0 Å². The third kappa shape index (κ3) is 4.79. The van der Waals surface area contributed by atoms with Crippen LogP contribution in [0.2, 0.25) is 0 Å². The third-order valence-electron chi connectivity index (χ3n) is 6.22. The van der Waals surface area contributed by atoms with Gasteiger partial charge in [-0.3, -0.25) is 9.52 Å². The van der Waals surface area contributed by atoms with Gasteiger partial charge in [0.25, 0.3) is 15.9 Å². The number of aromatic nitrogens is 2. The number of rotatable bonds is 8. The molecule has 0 aliphatic carbocycles. The van der Waals surface area contributed by atoms with Gasteiger partial charge in [0.2, 0.25) is 0 Å². The van der Waals surface area contributed by atoms with E-state index in [4.69, 9.17) is 4.98 Å². The van der Waals surface area contributed by atoms with E-state index < -0.39 is 10.0 Å². The van der Waals surface area contributed by atoms with Crippen molar-refractivity contribution < 1.29 is 13.2 Å². The van der Waals surface area contributed by atoms with Crippen molar-refractivity contribution in [1.29, 1.82) is 0 Å². The molecule has 0 aliphatic heterocycles. The summed E-state index contributed by atoms with van der Waals surface area (Å²) in [7, 11) is -1.81. The largest absolute Gasteiger partial charge is 0.339 e. The van der Waals surface area contributed by atoms with Crippen LogP contribution in [0.15, 0.2) is 71.6 Å². The standard InChI is InChI=1S/C27H30N4O3S/c1-5-19-10-8-9-11-25(19)35(33,34)29-22-16-17-24-23(18-22)28-26(30(24)4)20-12-14-21(15-13-20)27(32)31(6-2)7-3/h8-18,29H,5-7H2,1-4H3. The first-order valence-corrected chi connectivity index (χ1v) is 13.2. The molecule has 0 aliphatic rings. The molecule has 0 atom stereocenters. The molecule has 0 unspecified atom stereocenters. The number of benzene rings is 3. The Bertz CT molecular complexity index is 1470. The summed E-state index contributed by atoms with van der Waals surface area (Å²) in [6, 6.07) is 19.8. The fraction of sp³-hybridized carbons (Fsp3) is 0.259. The van der Waals surface area contributed by atoms with Gasteiger partial charge < -0.3 is 9.47 Å². The van der Waals surface area contributed by atoms with Gasteiger partial charge in [-0.1, -0.05) is 37.3 Å². The molecule has 1 heterocycles. The molecule has 0 fully saturated rings. The molecule has 8 heteroatoms. The highest BCUT2D eigenvalue weighted by atomic mass is 32.2. The summed E-state index contributed by atoms with van der Waals surface area (Å²) in [5.41, 5.74) is 4.28. The van der Waals surface area contributed by atoms with Gasteiger partial charge in [-0.2, -0.15) is 0 Å². The second-order valence-corrected chi connectivity index (χ2v) is 9.97. The van der Waals surface area contributed by atoms with Crippen molar-refractivity contribution in [3.8, 4) is 11.4 Å². The van der Waals surface area contributed by atoms with E-state index in [9.17, 15) is 13.2 Å². The van der Waals surface area contributed by atoms with E-state index in [0.717, 1.165) is 22.5 Å². The lowest BCUT2D eigenvalue weighted by Gasteiger charge is -2.18. The summed E-state index contributed by atoms with van der Waals surface area (Å²) < 4.78 is 30.7. The highest BCUT2D eigenvalue weighted by Crippen LogP contribution is 2.28. The van der Waals surface area contributed by atoms with E-state index in [2.05, 4.69) is 4.72 Å². The van der Waals surface area contributed by atoms with E-state index in [1.807, 2.05) is 74.9 Å². The lowest BCUT2D eigenvalue weighted by molar-refractivity contribution is 0.0773. The van der Waals surface area contributed by atoms with E-state index in [1.165, 1.54) is 0 Å². The van der Waals surface area contributed by atoms with Crippen molar-refractivity contribution in [3.05, 3.63) is 77.9 Å². The minimum atomic E-state index is -3.73. The predicted molar refractivity (Wildman–Crippen MR) is 140 cm³/mol. The number of nitrogens with one attached hydrogen (secondary N) is 1. The Morgan fingerprint density at radius 1 is 0.971 bits per heavy atom. The number of aryl methyl sites for hydroxylation is 2. The second-order valence-electron chi connectivity index (χ2n) is 8.32. The van der Waals surface area contributed by atoms with Gasteiger partial charge in [-0.15, -0.1) is 0 Å². The topological polar surface area (TPSA) is 84.3 Å². The lowest BCUT2D eigenvalue weighted by atomic mass is 10.1. The number of anilines is 1. The quantitative estimate of drug-likeness (QED) is 0.373. The Balaban J connectivity index is 1.64. The molecule has 0 bridgehead atoms. The molecule has 1 aromatic heterocycles. The van der Waals surface area contributed by atoms with Gasteiger partial charge in [0.1, 0.15) is 5.82 Å². The maximum atomic E-state index is 13.0. The van der Waals surface area contributed by atoms with Gasteiger partial charge in [0.05, 0.1) is 21.6 Å². The zero-order valence-electron chi connectivity index (χ0n) is 20.4. The maximum Gasteiger partial charge on any atom is 0.262 e. The maximum absolute atomic E-state index is 13.0. The van der Waals surface area contributed by atoms with Crippen LogP contribution >= 0.6 is 0 Å². The average Bonchev–Trinajstić information content (AvgIpc) is 3.20. The molecule has 1 N–H and O–H groups in total. The molecule has 0 saturated carbocycles. The number of carbonyl (C=O) groups is 1. The third-order valence-corrected chi connectivity index (χ3v) is 7.70. The molecule has 0 spiro atoms. The van der Waals surface area contributed by atoms with Gasteiger partial charge in [-0.05, 0) is 62.2 Å². The average molecular weight is 491 g/mol. The fourth-order valence-electron chi connectivity index (χ4n) is 4.24. The molecule has 1 amide bonds. The number of hydrogen-bond donors (Lipinski definition) is 1. The predicted octanol–water partition coefficient (Wildman–Crippen LogP) is 5.09. The van der Waals surface area contributed by atoms with E-state index in [-0.39, 0.29) is 10.8 Å². The fourth-order valence-corrected chi connectivity index (χ4v) is 5.61. The Morgan fingerprint density at radius 3 is 2.31 bits per heavy atom. The van der Waals surface area contributed by atoms with Crippen LogP contribution in [0.5, 0.6) is 0 Å². The summed E-state index contributed by atoms with van der Waals surface area (Å²) >= 11 is 0. The van der Waals surface area contributed by atoms with Crippen molar-refractivity contribution in [3.63, 3.8) is 0 Å². The Hall–Kier alpha value is -3.65. The molecule has 3 aromatic carbocycles. The Morgan fingerprint density at radius 2 is 1.66 bits per heavy atom. The molecule has 0 radical (unpaired) electrons. The van der Waals surface area contributed by atoms with Crippen LogP contribution in [0.4, 0.5) is 5.69 Å². The second kappa shape index (κ2) is 9.92. The van der Waals surface area contributed by atoms with E-state index in [0.29, 0.717) is 36.3 Å². The summed E-state index contributed by atoms with van der Waals surface area (Å²) in [6.07, 6.45) is 0.624. The lowest BCUT2D eigenvalue weighted by Crippen LogP contribution is -2.30. The SMILES string of the molecule is CCc1ccccc1S(=O)(=O)Nc1ccc2c(c1)nc(-c1ccc(C(=O)N(CC)CC)cc1)n2C. The zero-order valence-corrected chi connectivity index (χ0v) is 21.3. The molecular weight excluding hydrogens is 460 g/mol. The number of nitrogens with zero attached hydrogens (tertiary/aromatic N) is 3. The first kappa shape index (κ1) is 24.5.